The Kier molecular flexibility index (Phi) is 4.13. The largest absolute Gasteiger partial charge is 0.358 e. The fraction of sp³-hybridized carbons (Fsp3) is 0.263. The summed E-state index contributed by atoms with van der Waals surface area (Å²) in [7, 11) is -3.68. The maximum absolute atomic E-state index is 12.8. The van der Waals surface area contributed by atoms with E-state index in [2.05, 4.69) is 14.7 Å². The Morgan fingerprint density at radius 3 is 2.88 bits per heavy atom. The van der Waals surface area contributed by atoms with Crippen molar-refractivity contribution in [3.8, 4) is 0 Å². The molecule has 1 aliphatic rings. The molecule has 6 nitrogen and oxygen atoms in total. The van der Waals surface area contributed by atoms with Crippen LogP contribution < -0.4 is 4.72 Å². The zero-order chi connectivity index (χ0) is 18.3. The summed E-state index contributed by atoms with van der Waals surface area (Å²) in [6.07, 6.45) is 5.46. The Hall–Kier alpha value is -2.51. The smallest absolute Gasteiger partial charge is 0.241 e. The number of carbonyl (C=O) groups excluding carboxylic acids is 1. The molecule has 2 aromatic heterocycles. The van der Waals surface area contributed by atoms with E-state index in [1.807, 2.05) is 6.07 Å². The van der Waals surface area contributed by atoms with Gasteiger partial charge in [0.1, 0.15) is 0 Å². The van der Waals surface area contributed by atoms with Crippen molar-refractivity contribution in [2.75, 3.05) is 0 Å². The molecule has 1 aromatic carbocycles. The van der Waals surface area contributed by atoms with Gasteiger partial charge in [-0.1, -0.05) is 6.07 Å². The number of nitrogens with one attached hydrogen (secondary N) is 2. The van der Waals surface area contributed by atoms with Gasteiger partial charge >= 0.3 is 0 Å². The molecule has 7 heteroatoms. The molecule has 0 spiro atoms. The minimum absolute atomic E-state index is 0.127. The zero-order valence-corrected chi connectivity index (χ0v) is 15.2. The SMILES string of the molecule is Cc1cc2c3c([nH]c2cc1S(=O)(=O)NCc1cccnc1)CCCC3=O. The number of Topliss-reactive ketones (excluding diaryl/α,β-unsaturated/α-hetero) is 1. The highest BCUT2D eigenvalue weighted by Crippen LogP contribution is 2.32. The zero-order valence-electron chi connectivity index (χ0n) is 14.4. The van der Waals surface area contributed by atoms with Crippen LogP contribution in [0, 0.1) is 6.92 Å². The van der Waals surface area contributed by atoms with E-state index in [1.54, 1.807) is 37.5 Å². The lowest BCUT2D eigenvalue weighted by atomic mass is 9.94. The lowest BCUT2D eigenvalue weighted by Crippen LogP contribution is -2.24. The van der Waals surface area contributed by atoms with Crippen LogP contribution in [0.15, 0.2) is 41.6 Å². The fourth-order valence-electron chi connectivity index (χ4n) is 3.49. The van der Waals surface area contributed by atoms with Crippen LogP contribution in [0.25, 0.3) is 10.9 Å². The Morgan fingerprint density at radius 1 is 1.27 bits per heavy atom. The first-order valence-corrected chi connectivity index (χ1v) is 10.0. The number of rotatable bonds is 4. The number of nitrogens with zero attached hydrogens (tertiary/aromatic N) is 1. The van der Waals surface area contributed by atoms with Gasteiger partial charge in [0.2, 0.25) is 10.0 Å². The van der Waals surface area contributed by atoms with Gasteiger partial charge in [0, 0.05) is 47.5 Å². The number of sulfonamides is 1. The number of aromatic nitrogens is 2. The van der Waals surface area contributed by atoms with Gasteiger partial charge in [0.05, 0.1) is 4.90 Å². The van der Waals surface area contributed by atoms with E-state index in [4.69, 9.17) is 0 Å². The third kappa shape index (κ3) is 2.93. The molecule has 26 heavy (non-hydrogen) atoms. The number of hydrogen-bond acceptors (Lipinski definition) is 4. The van der Waals surface area contributed by atoms with Crippen LogP contribution in [0.3, 0.4) is 0 Å². The summed E-state index contributed by atoms with van der Waals surface area (Å²) in [5.41, 5.74) is 3.74. The summed E-state index contributed by atoms with van der Waals surface area (Å²) >= 11 is 0. The monoisotopic (exact) mass is 369 g/mol. The van der Waals surface area contributed by atoms with Crippen molar-refractivity contribution in [1.82, 2.24) is 14.7 Å². The lowest BCUT2D eigenvalue weighted by Gasteiger charge is -2.11. The van der Waals surface area contributed by atoms with Crippen molar-refractivity contribution in [2.24, 2.45) is 0 Å². The standard InChI is InChI=1S/C19H19N3O3S/c1-12-8-14-16(22-15-5-2-6-17(23)19(14)15)9-18(12)26(24,25)21-11-13-4-3-7-20-10-13/h3-4,7-10,21-22H,2,5-6,11H2,1H3. The number of ketones is 1. The highest BCUT2D eigenvalue weighted by Gasteiger charge is 2.25. The molecule has 0 bridgehead atoms. The minimum Gasteiger partial charge on any atom is -0.358 e. The molecule has 2 N–H and O–H groups in total. The molecule has 0 saturated carbocycles. The number of aryl methyl sites for hydroxylation is 2. The van der Waals surface area contributed by atoms with Crippen LogP contribution in [0.2, 0.25) is 0 Å². The van der Waals surface area contributed by atoms with E-state index >= 15 is 0 Å². The Labute approximate surface area is 151 Å². The van der Waals surface area contributed by atoms with Crippen molar-refractivity contribution in [2.45, 2.75) is 37.6 Å². The average molecular weight is 369 g/mol. The predicted octanol–water partition coefficient (Wildman–Crippen LogP) is 2.87. The van der Waals surface area contributed by atoms with Crippen LogP contribution in [-0.4, -0.2) is 24.2 Å². The summed E-state index contributed by atoms with van der Waals surface area (Å²) in [6, 6.07) is 7.01. The summed E-state index contributed by atoms with van der Waals surface area (Å²) in [4.78, 5) is 19.7. The van der Waals surface area contributed by atoms with Gasteiger partial charge in [-0.15, -0.1) is 0 Å². The van der Waals surface area contributed by atoms with Crippen molar-refractivity contribution >= 4 is 26.7 Å². The Morgan fingerprint density at radius 2 is 2.12 bits per heavy atom. The van der Waals surface area contributed by atoms with Crippen molar-refractivity contribution in [3.63, 3.8) is 0 Å². The number of carbonyl (C=O) groups is 1. The van der Waals surface area contributed by atoms with Crippen molar-refractivity contribution < 1.29 is 13.2 Å². The van der Waals surface area contributed by atoms with Crippen molar-refractivity contribution in [3.05, 3.63) is 59.0 Å². The van der Waals surface area contributed by atoms with E-state index in [-0.39, 0.29) is 17.2 Å². The van der Waals surface area contributed by atoms with E-state index in [0.29, 0.717) is 17.5 Å². The van der Waals surface area contributed by atoms with E-state index in [1.165, 1.54) is 0 Å². The molecule has 134 valence electrons. The first-order chi connectivity index (χ1) is 12.5. The number of pyridine rings is 1. The van der Waals surface area contributed by atoms with Gasteiger partial charge in [-0.25, -0.2) is 13.1 Å². The first-order valence-electron chi connectivity index (χ1n) is 8.53. The maximum Gasteiger partial charge on any atom is 0.241 e. The molecule has 0 radical (unpaired) electrons. The number of H-pyrrole nitrogens is 1. The van der Waals surface area contributed by atoms with Gasteiger partial charge in [0.25, 0.3) is 0 Å². The van der Waals surface area contributed by atoms with Crippen LogP contribution in [-0.2, 0) is 23.0 Å². The van der Waals surface area contributed by atoms with E-state index in [9.17, 15) is 13.2 Å². The molecular formula is C19H19N3O3S. The third-order valence-corrected chi connectivity index (χ3v) is 6.30. The summed E-state index contributed by atoms with van der Waals surface area (Å²) in [5.74, 6) is 0.127. The molecule has 1 aliphatic carbocycles. The number of fused-ring (bicyclic) bond motifs is 3. The molecule has 0 unspecified atom stereocenters. The first kappa shape index (κ1) is 16.9. The number of hydrogen-bond donors (Lipinski definition) is 2. The Bertz CT molecular complexity index is 1100. The second kappa shape index (κ2) is 6.34. The lowest BCUT2D eigenvalue weighted by molar-refractivity contribution is 0.0974. The number of aromatic amines is 1. The molecule has 4 rings (SSSR count). The van der Waals surface area contributed by atoms with Crippen LogP contribution >= 0.6 is 0 Å². The van der Waals surface area contributed by atoms with Crippen molar-refractivity contribution in [1.29, 1.82) is 0 Å². The number of benzene rings is 1. The normalized spacial score (nSPS) is 14.6. The van der Waals surface area contributed by atoms with Crippen LogP contribution in [0.4, 0.5) is 0 Å². The molecule has 3 aromatic rings. The van der Waals surface area contributed by atoms with Crippen LogP contribution in [0.5, 0.6) is 0 Å². The van der Waals surface area contributed by atoms with Gasteiger partial charge in [-0.2, -0.15) is 0 Å². The molecule has 0 aliphatic heterocycles. The fourth-order valence-corrected chi connectivity index (χ4v) is 4.76. The highest BCUT2D eigenvalue weighted by atomic mass is 32.2. The second-order valence-electron chi connectivity index (χ2n) is 6.60. The molecule has 0 saturated heterocycles. The topological polar surface area (TPSA) is 91.9 Å². The molecular weight excluding hydrogens is 350 g/mol. The van der Waals surface area contributed by atoms with E-state index in [0.717, 1.165) is 35.0 Å². The van der Waals surface area contributed by atoms with E-state index < -0.39 is 10.0 Å². The van der Waals surface area contributed by atoms with Gasteiger partial charge in [-0.3, -0.25) is 9.78 Å². The van der Waals surface area contributed by atoms with Gasteiger partial charge in [0.15, 0.2) is 5.78 Å². The minimum atomic E-state index is -3.68. The Balaban J connectivity index is 1.72. The third-order valence-electron chi connectivity index (χ3n) is 4.76. The van der Waals surface area contributed by atoms with Crippen LogP contribution in [0.1, 0.15) is 40.0 Å². The molecule has 0 atom stereocenters. The molecule has 0 fully saturated rings. The molecule has 2 heterocycles. The predicted molar refractivity (Wildman–Crippen MR) is 98.6 cm³/mol. The summed E-state index contributed by atoms with van der Waals surface area (Å²) < 4.78 is 28.1. The highest BCUT2D eigenvalue weighted by molar-refractivity contribution is 7.89. The maximum atomic E-state index is 12.8. The summed E-state index contributed by atoms with van der Waals surface area (Å²) in [6.45, 7) is 1.93. The quantitative estimate of drug-likeness (QED) is 0.740. The summed E-state index contributed by atoms with van der Waals surface area (Å²) in [5, 5.41) is 0.813. The van der Waals surface area contributed by atoms with Gasteiger partial charge in [-0.05, 0) is 49.1 Å². The molecule has 0 amide bonds. The average Bonchev–Trinajstić information content (AvgIpc) is 2.99. The second-order valence-corrected chi connectivity index (χ2v) is 8.34. The van der Waals surface area contributed by atoms with Gasteiger partial charge < -0.3 is 4.98 Å².